The van der Waals surface area contributed by atoms with Crippen LogP contribution in [0, 0.1) is 0 Å². The van der Waals surface area contributed by atoms with E-state index in [0.717, 1.165) is 21.9 Å². The number of aromatic nitrogens is 1. The van der Waals surface area contributed by atoms with E-state index in [-0.39, 0.29) is 0 Å². The minimum atomic E-state index is 0.928. The third-order valence-corrected chi connectivity index (χ3v) is 8.87. The quantitative estimate of drug-likeness (QED) is 0.166. The molecule has 0 bridgehead atoms. The molecule has 0 fully saturated rings. The first kappa shape index (κ1) is 19.6. The summed E-state index contributed by atoms with van der Waals surface area (Å²) in [5.74, 6) is 0. The normalized spacial score (nSPS) is 12.3. The van der Waals surface area contributed by atoms with Crippen molar-refractivity contribution >= 4 is 75.3 Å². The summed E-state index contributed by atoms with van der Waals surface area (Å²) in [6.07, 6.45) is 0. The molecular weight excluding hydrogens is 470 g/mol. The van der Waals surface area contributed by atoms with Crippen molar-refractivity contribution in [1.82, 2.24) is 4.57 Å². The summed E-state index contributed by atoms with van der Waals surface area (Å²) in [4.78, 5) is 0. The van der Waals surface area contributed by atoms with Crippen LogP contribution in [0.15, 0.2) is 120 Å². The van der Waals surface area contributed by atoms with Gasteiger partial charge in [-0.25, -0.2) is 0 Å². The fourth-order valence-electron chi connectivity index (χ4n) is 6.20. The second-order valence-electron chi connectivity index (χ2n) is 9.73. The van der Waals surface area contributed by atoms with Crippen LogP contribution >= 0.6 is 11.3 Å². The van der Waals surface area contributed by atoms with Crippen LogP contribution in [0.1, 0.15) is 0 Å². The molecule has 2 aliphatic heterocycles. The van der Waals surface area contributed by atoms with Gasteiger partial charge in [0.1, 0.15) is 11.2 Å². The molecule has 6 aromatic carbocycles. The Labute approximate surface area is 215 Å². The highest BCUT2D eigenvalue weighted by Gasteiger charge is 2.22. The van der Waals surface area contributed by atoms with Crippen LogP contribution in [0.25, 0.3) is 80.7 Å². The summed E-state index contributed by atoms with van der Waals surface area (Å²) < 4.78 is 11.2. The van der Waals surface area contributed by atoms with Crippen LogP contribution in [-0.2, 0) is 0 Å². The van der Waals surface area contributed by atoms with E-state index in [2.05, 4.69) is 108 Å². The zero-order chi connectivity index (χ0) is 24.1. The Morgan fingerprint density at radius 1 is 0.514 bits per heavy atom. The first-order valence-electron chi connectivity index (χ1n) is 12.5. The van der Waals surface area contributed by atoms with Gasteiger partial charge in [0.25, 0.3) is 0 Å². The second-order valence-corrected chi connectivity index (χ2v) is 10.8. The van der Waals surface area contributed by atoms with Gasteiger partial charge in [-0.2, -0.15) is 0 Å². The summed E-state index contributed by atoms with van der Waals surface area (Å²) in [7, 11) is 0. The third-order valence-electron chi connectivity index (χ3n) is 7.77. The van der Waals surface area contributed by atoms with Gasteiger partial charge in [-0.05, 0) is 64.4 Å². The van der Waals surface area contributed by atoms with Crippen molar-refractivity contribution in [3.8, 4) is 16.8 Å². The highest BCUT2D eigenvalue weighted by atomic mass is 32.1. The Kier molecular flexibility index (Phi) is 3.70. The number of rotatable bonds is 1. The molecule has 7 aromatic rings. The predicted molar refractivity (Wildman–Crippen MR) is 158 cm³/mol. The molecule has 0 aliphatic carbocycles. The molecule has 0 radical (unpaired) electrons. The van der Waals surface area contributed by atoms with Crippen LogP contribution in [0.4, 0.5) is 0 Å². The van der Waals surface area contributed by atoms with Gasteiger partial charge in [-0.15, -0.1) is 11.3 Å². The van der Waals surface area contributed by atoms with Crippen molar-refractivity contribution in [3.63, 3.8) is 0 Å². The van der Waals surface area contributed by atoms with Gasteiger partial charge in [0.15, 0.2) is 0 Å². The molecule has 0 saturated carbocycles. The van der Waals surface area contributed by atoms with Crippen LogP contribution in [0.2, 0.25) is 0 Å². The van der Waals surface area contributed by atoms with Crippen molar-refractivity contribution in [2.75, 3.05) is 0 Å². The number of pyridine rings is 1. The zero-order valence-electron chi connectivity index (χ0n) is 19.7. The lowest BCUT2D eigenvalue weighted by Gasteiger charge is -2.24. The van der Waals surface area contributed by atoms with Gasteiger partial charge in [0.05, 0.1) is 26.1 Å². The third kappa shape index (κ3) is 2.54. The molecule has 2 nitrogen and oxygen atoms in total. The monoisotopic (exact) mass is 489 g/mol. The van der Waals surface area contributed by atoms with E-state index < -0.39 is 0 Å². The second kappa shape index (κ2) is 7.00. The minimum Gasteiger partial charge on any atom is -0.456 e. The number of nitrogens with zero attached hydrogens (tertiary/aromatic N) is 1. The van der Waals surface area contributed by atoms with Gasteiger partial charge in [-0.3, -0.25) is 0 Å². The fourth-order valence-corrected chi connectivity index (χ4v) is 7.32. The Balaban J connectivity index is 1.50. The molecule has 0 N–H and O–H groups in total. The van der Waals surface area contributed by atoms with Crippen molar-refractivity contribution in [3.05, 3.63) is 115 Å². The van der Waals surface area contributed by atoms with E-state index in [1.165, 1.54) is 58.8 Å². The van der Waals surface area contributed by atoms with E-state index >= 15 is 0 Å². The average Bonchev–Trinajstić information content (AvgIpc) is 3.33. The van der Waals surface area contributed by atoms with Gasteiger partial charge in [0, 0.05) is 21.5 Å². The zero-order valence-corrected chi connectivity index (χ0v) is 20.5. The molecule has 2 aliphatic rings. The highest BCUT2D eigenvalue weighted by molar-refractivity contribution is 7.24. The van der Waals surface area contributed by atoms with Crippen LogP contribution in [0.5, 0.6) is 0 Å². The molecule has 172 valence electrons. The summed E-state index contributed by atoms with van der Waals surface area (Å²) in [6.45, 7) is 0. The summed E-state index contributed by atoms with van der Waals surface area (Å²) in [5, 5.41) is 7.51. The van der Waals surface area contributed by atoms with Crippen LogP contribution in [0.3, 0.4) is 0 Å². The van der Waals surface area contributed by atoms with Crippen molar-refractivity contribution in [2.24, 2.45) is 0 Å². The molecule has 1 aromatic heterocycles. The lowest BCUT2D eigenvalue weighted by Crippen LogP contribution is -2.04. The van der Waals surface area contributed by atoms with Gasteiger partial charge >= 0.3 is 0 Å². The number of furan rings is 1. The van der Waals surface area contributed by atoms with E-state index in [4.69, 9.17) is 4.42 Å². The summed E-state index contributed by atoms with van der Waals surface area (Å²) in [6, 6.07) is 41.6. The molecule has 37 heavy (non-hydrogen) atoms. The lowest BCUT2D eigenvalue weighted by atomic mass is 9.92. The number of para-hydroxylation sites is 3. The van der Waals surface area contributed by atoms with Crippen molar-refractivity contribution in [2.45, 2.75) is 0 Å². The Bertz CT molecular complexity index is 2310. The van der Waals surface area contributed by atoms with Crippen LogP contribution in [-0.4, -0.2) is 4.57 Å². The number of benzene rings is 6. The maximum Gasteiger partial charge on any atom is 0.135 e. The van der Waals surface area contributed by atoms with Gasteiger partial charge < -0.3 is 8.98 Å². The highest BCUT2D eigenvalue weighted by Crippen LogP contribution is 2.47. The topological polar surface area (TPSA) is 18.1 Å². The van der Waals surface area contributed by atoms with Crippen LogP contribution < -0.4 is 0 Å². The standard InChI is InChI=1S/C34H19NOS/c1-3-12-27-21(8-1)23-10-7-11-24-25(20-16-17-30-26(18-20)22-9-2-5-14-29(22)36-30)19-32-34(33(23)24)35(27)28-13-4-6-15-31(28)37-32/h1-19H. The molecular formula is C34H19NOS. The minimum absolute atomic E-state index is 0.928. The summed E-state index contributed by atoms with van der Waals surface area (Å²) in [5.41, 5.74) is 8.13. The molecule has 0 unspecified atom stereocenters. The first-order valence-corrected chi connectivity index (χ1v) is 13.3. The SMILES string of the molecule is c1ccc2c(c1)oc1ccc(-c3cc4sc5ccccc5n5c6ccccc6c6cccc3c6c4-5)cc12. The number of fused-ring (bicyclic) bond motifs is 8. The molecule has 9 rings (SSSR count). The maximum absolute atomic E-state index is 6.13. The molecule has 3 heterocycles. The molecule has 0 spiro atoms. The Morgan fingerprint density at radius 3 is 2.19 bits per heavy atom. The largest absolute Gasteiger partial charge is 0.456 e. The Hall–Kier alpha value is -4.60. The summed E-state index contributed by atoms with van der Waals surface area (Å²) >= 11 is 1.87. The average molecular weight is 490 g/mol. The number of hydrogen-bond donors (Lipinski definition) is 0. The van der Waals surface area contributed by atoms with E-state index in [1.807, 2.05) is 23.5 Å². The van der Waals surface area contributed by atoms with Gasteiger partial charge in [0.2, 0.25) is 0 Å². The Morgan fingerprint density at radius 2 is 1.24 bits per heavy atom. The smallest absolute Gasteiger partial charge is 0.135 e. The predicted octanol–water partition coefficient (Wildman–Crippen LogP) is 10.2. The van der Waals surface area contributed by atoms with E-state index in [1.54, 1.807) is 0 Å². The fraction of sp³-hybridized carbons (Fsp3) is 0. The van der Waals surface area contributed by atoms with E-state index in [9.17, 15) is 0 Å². The van der Waals surface area contributed by atoms with E-state index in [0.29, 0.717) is 0 Å². The first-order chi connectivity index (χ1) is 18.3. The molecule has 3 heteroatoms. The molecule has 0 saturated heterocycles. The number of hydrogen-bond acceptors (Lipinski definition) is 2. The molecule has 0 amide bonds. The van der Waals surface area contributed by atoms with Crippen molar-refractivity contribution in [1.29, 1.82) is 0 Å². The maximum atomic E-state index is 6.13. The molecule has 0 atom stereocenters. The van der Waals surface area contributed by atoms with Gasteiger partial charge in [-0.1, -0.05) is 72.8 Å². The lowest BCUT2D eigenvalue weighted by molar-refractivity contribution is 0.669. The van der Waals surface area contributed by atoms with Crippen molar-refractivity contribution < 1.29 is 4.42 Å².